The highest BCUT2D eigenvalue weighted by molar-refractivity contribution is 7.89. The summed E-state index contributed by atoms with van der Waals surface area (Å²) in [5.74, 6) is 0.328. The molecule has 2 amide bonds. The van der Waals surface area contributed by atoms with Gasteiger partial charge in [0.15, 0.2) is 0 Å². The highest BCUT2D eigenvalue weighted by atomic mass is 35.5. The number of sulfonamides is 1. The molecule has 156 valence electrons. The molecule has 0 bridgehead atoms. The van der Waals surface area contributed by atoms with Crippen molar-refractivity contribution in [3.05, 3.63) is 59.1 Å². The third-order valence-corrected chi connectivity index (χ3v) is 7.03. The first-order valence-corrected chi connectivity index (χ1v) is 11.1. The molecule has 1 fully saturated rings. The maximum absolute atomic E-state index is 12.9. The summed E-state index contributed by atoms with van der Waals surface area (Å²) in [5.41, 5.74) is 0.947. The van der Waals surface area contributed by atoms with Gasteiger partial charge in [0.1, 0.15) is 10.6 Å². The molecule has 0 radical (unpaired) electrons. The van der Waals surface area contributed by atoms with Gasteiger partial charge >= 0.3 is 6.03 Å². The number of halogens is 1. The molecule has 0 saturated carbocycles. The fourth-order valence-corrected chi connectivity index (χ4v) is 4.98. The van der Waals surface area contributed by atoms with Gasteiger partial charge in [-0.3, -0.25) is 0 Å². The number of methoxy groups -OCH3 is 1. The summed E-state index contributed by atoms with van der Waals surface area (Å²) in [7, 11) is -2.19. The van der Waals surface area contributed by atoms with E-state index in [9.17, 15) is 13.2 Å². The summed E-state index contributed by atoms with van der Waals surface area (Å²) >= 11 is 5.85. The predicted molar refractivity (Wildman–Crippen MR) is 112 cm³/mol. The van der Waals surface area contributed by atoms with E-state index in [4.69, 9.17) is 16.3 Å². The van der Waals surface area contributed by atoms with E-state index in [1.807, 2.05) is 12.1 Å². The Balaban J connectivity index is 1.51. The molecule has 2 aromatic rings. The number of nitrogens with one attached hydrogen (secondary N) is 2. The first-order chi connectivity index (χ1) is 13.9. The summed E-state index contributed by atoms with van der Waals surface area (Å²) < 4.78 is 32.5. The molecule has 0 atom stereocenters. The number of para-hydroxylation sites is 1. The SMILES string of the molecule is COc1ccccc1S(=O)(=O)N1CCC(NC(=O)NCc2ccc(Cl)cc2)CC1. The second kappa shape index (κ2) is 9.47. The normalized spacial score (nSPS) is 15.7. The van der Waals surface area contributed by atoms with Crippen LogP contribution in [0.2, 0.25) is 5.02 Å². The number of benzene rings is 2. The molecule has 1 aliphatic heterocycles. The van der Waals surface area contributed by atoms with Gasteiger partial charge in [-0.1, -0.05) is 35.9 Å². The smallest absolute Gasteiger partial charge is 0.315 e. The lowest BCUT2D eigenvalue weighted by Crippen LogP contribution is -2.48. The lowest BCUT2D eigenvalue weighted by molar-refractivity contribution is 0.227. The number of hydrogen-bond donors (Lipinski definition) is 2. The molecule has 2 N–H and O–H groups in total. The summed E-state index contributed by atoms with van der Waals surface area (Å²) in [6.45, 7) is 1.06. The van der Waals surface area contributed by atoms with Crippen LogP contribution in [0.5, 0.6) is 5.75 Å². The standard InChI is InChI=1S/C20H24ClN3O4S/c1-28-18-4-2-3-5-19(18)29(26,27)24-12-10-17(11-13-24)23-20(25)22-14-15-6-8-16(21)9-7-15/h2-9,17H,10-14H2,1H3,(H2,22,23,25). The number of ether oxygens (including phenoxy) is 1. The maximum atomic E-state index is 12.9. The van der Waals surface area contributed by atoms with Gasteiger partial charge in [0, 0.05) is 30.7 Å². The second-order valence-electron chi connectivity index (χ2n) is 6.78. The average Bonchev–Trinajstić information content (AvgIpc) is 2.73. The van der Waals surface area contributed by atoms with E-state index in [1.54, 1.807) is 36.4 Å². The highest BCUT2D eigenvalue weighted by Gasteiger charge is 2.31. The summed E-state index contributed by atoms with van der Waals surface area (Å²) in [4.78, 5) is 12.3. The average molecular weight is 438 g/mol. The number of amides is 2. The Kier molecular flexibility index (Phi) is 7.00. The molecule has 0 aromatic heterocycles. The molecule has 0 spiro atoms. The number of carbonyl (C=O) groups excluding carboxylic acids is 1. The van der Waals surface area contributed by atoms with Crippen LogP contribution in [0.3, 0.4) is 0 Å². The fourth-order valence-electron chi connectivity index (χ4n) is 3.23. The lowest BCUT2D eigenvalue weighted by atomic mass is 10.1. The number of hydrogen-bond acceptors (Lipinski definition) is 4. The van der Waals surface area contributed by atoms with Crippen LogP contribution in [0.1, 0.15) is 18.4 Å². The molecule has 29 heavy (non-hydrogen) atoms. The zero-order valence-corrected chi connectivity index (χ0v) is 17.7. The maximum Gasteiger partial charge on any atom is 0.315 e. The van der Waals surface area contributed by atoms with E-state index >= 15 is 0 Å². The van der Waals surface area contributed by atoms with E-state index in [1.165, 1.54) is 11.4 Å². The van der Waals surface area contributed by atoms with Gasteiger partial charge in [-0.15, -0.1) is 0 Å². The lowest BCUT2D eigenvalue weighted by Gasteiger charge is -2.31. The number of urea groups is 1. The van der Waals surface area contributed by atoms with Crippen LogP contribution in [-0.2, 0) is 16.6 Å². The zero-order chi connectivity index (χ0) is 20.9. The second-order valence-corrected chi connectivity index (χ2v) is 9.13. The number of nitrogens with zero attached hydrogens (tertiary/aromatic N) is 1. The van der Waals surface area contributed by atoms with E-state index in [0.717, 1.165) is 5.56 Å². The van der Waals surface area contributed by atoms with Crippen molar-refractivity contribution in [1.29, 1.82) is 0 Å². The molecule has 2 aromatic carbocycles. The number of piperidine rings is 1. The Hall–Kier alpha value is -2.29. The fraction of sp³-hybridized carbons (Fsp3) is 0.350. The Morgan fingerprint density at radius 2 is 1.79 bits per heavy atom. The van der Waals surface area contributed by atoms with E-state index in [2.05, 4.69) is 10.6 Å². The Labute approximate surface area is 176 Å². The molecular formula is C20H24ClN3O4S. The minimum Gasteiger partial charge on any atom is -0.495 e. The van der Waals surface area contributed by atoms with Crippen molar-refractivity contribution < 1.29 is 17.9 Å². The van der Waals surface area contributed by atoms with Gasteiger partial charge in [-0.25, -0.2) is 13.2 Å². The van der Waals surface area contributed by atoms with Gasteiger partial charge in [0.2, 0.25) is 10.0 Å². The first-order valence-electron chi connectivity index (χ1n) is 9.32. The van der Waals surface area contributed by atoms with Crippen LogP contribution in [0, 0.1) is 0 Å². The molecular weight excluding hydrogens is 414 g/mol. The highest BCUT2D eigenvalue weighted by Crippen LogP contribution is 2.28. The monoisotopic (exact) mass is 437 g/mol. The molecule has 0 aliphatic carbocycles. The van der Waals surface area contributed by atoms with Gasteiger partial charge in [0.05, 0.1) is 7.11 Å². The van der Waals surface area contributed by atoms with Crippen molar-refractivity contribution >= 4 is 27.7 Å². The topological polar surface area (TPSA) is 87.7 Å². The van der Waals surface area contributed by atoms with Gasteiger partial charge in [-0.2, -0.15) is 4.31 Å². The van der Waals surface area contributed by atoms with Crippen LogP contribution in [0.4, 0.5) is 4.79 Å². The number of carbonyl (C=O) groups is 1. The van der Waals surface area contributed by atoms with Gasteiger partial charge < -0.3 is 15.4 Å². The summed E-state index contributed by atoms with van der Waals surface area (Å²) in [6.07, 6.45) is 1.09. The molecule has 0 unspecified atom stereocenters. The van der Waals surface area contributed by atoms with Crippen molar-refractivity contribution in [2.75, 3.05) is 20.2 Å². The van der Waals surface area contributed by atoms with Crippen molar-refractivity contribution in [2.24, 2.45) is 0 Å². The molecule has 3 rings (SSSR count). The quantitative estimate of drug-likeness (QED) is 0.727. The molecule has 1 saturated heterocycles. The largest absolute Gasteiger partial charge is 0.495 e. The van der Waals surface area contributed by atoms with Crippen molar-refractivity contribution in [3.8, 4) is 5.75 Å². The minimum atomic E-state index is -3.64. The Morgan fingerprint density at radius 1 is 1.14 bits per heavy atom. The van der Waals surface area contributed by atoms with E-state index in [-0.39, 0.29) is 17.0 Å². The van der Waals surface area contributed by atoms with Crippen LogP contribution in [0.15, 0.2) is 53.4 Å². The van der Waals surface area contributed by atoms with Crippen molar-refractivity contribution in [1.82, 2.24) is 14.9 Å². The molecule has 1 heterocycles. The van der Waals surface area contributed by atoms with Crippen molar-refractivity contribution in [2.45, 2.75) is 30.3 Å². The number of rotatable bonds is 6. The predicted octanol–water partition coefficient (Wildman–Crippen LogP) is 3.00. The zero-order valence-electron chi connectivity index (χ0n) is 16.1. The van der Waals surface area contributed by atoms with Crippen LogP contribution < -0.4 is 15.4 Å². The third kappa shape index (κ3) is 5.41. The molecule has 1 aliphatic rings. The van der Waals surface area contributed by atoms with Crippen LogP contribution >= 0.6 is 11.6 Å². The van der Waals surface area contributed by atoms with Crippen LogP contribution in [-0.4, -0.2) is 45.0 Å². The summed E-state index contributed by atoms with van der Waals surface area (Å²) in [5, 5.41) is 6.37. The van der Waals surface area contributed by atoms with E-state index in [0.29, 0.717) is 43.2 Å². The van der Waals surface area contributed by atoms with Gasteiger partial charge in [-0.05, 0) is 42.7 Å². The molecule has 7 nitrogen and oxygen atoms in total. The first kappa shape index (κ1) is 21.4. The summed E-state index contributed by atoms with van der Waals surface area (Å²) in [6, 6.07) is 13.5. The van der Waals surface area contributed by atoms with Crippen LogP contribution in [0.25, 0.3) is 0 Å². The Morgan fingerprint density at radius 3 is 2.45 bits per heavy atom. The third-order valence-electron chi connectivity index (χ3n) is 4.84. The van der Waals surface area contributed by atoms with E-state index < -0.39 is 10.0 Å². The minimum absolute atomic E-state index is 0.0793. The van der Waals surface area contributed by atoms with Gasteiger partial charge in [0.25, 0.3) is 0 Å². The molecule has 9 heteroatoms. The van der Waals surface area contributed by atoms with Crippen molar-refractivity contribution in [3.63, 3.8) is 0 Å². The Bertz CT molecular complexity index is 942.